The molecule has 16 heavy (non-hydrogen) atoms. The molecule has 0 aliphatic carbocycles. The van der Waals surface area contributed by atoms with Crippen molar-refractivity contribution >= 4 is 6.29 Å². The van der Waals surface area contributed by atoms with E-state index in [2.05, 4.69) is 9.80 Å². The van der Waals surface area contributed by atoms with Crippen molar-refractivity contribution in [2.24, 2.45) is 0 Å². The Balaban J connectivity index is 1.75. The Morgan fingerprint density at radius 2 is 1.75 bits per heavy atom. The van der Waals surface area contributed by atoms with Gasteiger partial charge in [0.25, 0.3) is 0 Å². The van der Waals surface area contributed by atoms with Crippen molar-refractivity contribution in [2.45, 2.75) is 18.9 Å². The van der Waals surface area contributed by atoms with Crippen LogP contribution in [0.25, 0.3) is 0 Å². The summed E-state index contributed by atoms with van der Waals surface area (Å²) in [6, 6.07) is 0.713. The lowest BCUT2D eigenvalue weighted by atomic mass is 10.0. The lowest BCUT2D eigenvalue weighted by molar-refractivity contribution is -0.104. The molecule has 0 atom stereocenters. The van der Waals surface area contributed by atoms with Gasteiger partial charge in [-0.05, 0) is 18.9 Å². The molecule has 2 aliphatic heterocycles. The molecule has 2 fully saturated rings. The summed E-state index contributed by atoms with van der Waals surface area (Å²) in [6.07, 6.45) is 6.72. The third-order valence-corrected chi connectivity index (χ3v) is 3.44. The number of aldehydes is 1. The fourth-order valence-corrected chi connectivity index (χ4v) is 2.50. The minimum Gasteiger partial charge on any atom is -0.379 e. The molecule has 0 N–H and O–H groups in total. The first kappa shape index (κ1) is 11.6. The Kier molecular flexibility index (Phi) is 4.36. The second-order valence-corrected chi connectivity index (χ2v) is 4.39. The van der Waals surface area contributed by atoms with Crippen LogP contribution in [0.5, 0.6) is 0 Å². The maximum atomic E-state index is 10.2. The fourth-order valence-electron chi connectivity index (χ4n) is 2.50. The SMILES string of the molecule is O=CC=CN1CCC(N2CCOCC2)CC1. The van der Waals surface area contributed by atoms with Gasteiger partial charge in [-0.1, -0.05) is 0 Å². The van der Waals surface area contributed by atoms with E-state index in [1.165, 1.54) is 12.8 Å². The largest absolute Gasteiger partial charge is 0.379 e. The number of carbonyl (C=O) groups is 1. The highest BCUT2D eigenvalue weighted by Crippen LogP contribution is 2.17. The molecule has 90 valence electrons. The van der Waals surface area contributed by atoms with Crippen molar-refractivity contribution < 1.29 is 9.53 Å². The minimum atomic E-state index is 0.713. The molecule has 0 spiro atoms. The highest BCUT2D eigenvalue weighted by molar-refractivity contribution is 5.64. The van der Waals surface area contributed by atoms with Gasteiger partial charge >= 0.3 is 0 Å². The van der Waals surface area contributed by atoms with E-state index >= 15 is 0 Å². The van der Waals surface area contributed by atoms with Gasteiger partial charge in [-0.3, -0.25) is 9.69 Å². The smallest absolute Gasteiger partial charge is 0.144 e. The van der Waals surface area contributed by atoms with E-state index in [0.29, 0.717) is 6.04 Å². The molecule has 4 heteroatoms. The van der Waals surface area contributed by atoms with Crippen molar-refractivity contribution in [3.8, 4) is 0 Å². The Morgan fingerprint density at radius 1 is 1.06 bits per heavy atom. The van der Waals surface area contributed by atoms with Crippen molar-refractivity contribution in [2.75, 3.05) is 39.4 Å². The number of carbonyl (C=O) groups excluding carboxylic acids is 1. The van der Waals surface area contributed by atoms with Gasteiger partial charge in [-0.15, -0.1) is 0 Å². The number of hydrogen-bond acceptors (Lipinski definition) is 4. The predicted octanol–water partition coefficient (Wildman–Crippen LogP) is 0.496. The maximum absolute atomic E-state index is 10.2. The quantitative estimate of drug-likeness (QED) is 0.516. The third kappa shape index (κ3) is 3.06. The van der Waals surface area contributed by atoms with E-state index < -0.39 is 0 Å². The number of hydrogen-bond donors (Lipinski definition) is 0. The minimum absolute atomic E-state index is 0.713. The molecule has 0 bridgehead atoms. The Hall–Kier alpha value is -0.870. The molecular formula is C12H20N2O2. The normalized spacial score (nSPS) is 25.1. The van der Waals surface area contributed by atoms with Gasteiger partial charge in [0.1, 0.15) is 6.29 Å². The lowest BCUT2D eigenvalue weighted by Gasteiger charge is -2.39. The second kappa shape index (κ2) is 6.01. The van der Waals surface area contributed by atoms with Crippen molar-refractivity contribution in [1.82, 2.24) is 9.80 Å². The first-order chi connectivity index (χ1) is 7.90. The topological polar surface area (TPSA) is 32.8 Å². The van der Waals surface area contributed by atoms with Gasteiger partial charge in [0.2, 0.25) is 0 Å². The van der Waals surface area contributed by atoms with Crippen molar-refractivity contribution in [3.05, 3.63) is 12.3 Å². The number of rotatable bonds is 3. The molecule has 2 saturated heterocycles. The summed E-state index contributed by atoms with van der Waals surface area (Å²) in [6.45, 7) is 6.04. The Labute approximate surface area is 96.8 Å². The summed E-state index contributed by atoms with van der Waals surface area (Å²) in [5.74, 6) is 0. The standard InChI is InChI=1S/C12H20N2O2/c15-9-1-4-13-5-2-12(3-6-13)14-7-10-16-11-8-14/h1,4,9,12H,2-3,5-8,10-11H2. The van der Waals surface area contributed by atoms with Gasteiger partial charge < -0.3 is 9.64 Å². The fraction of sp³-hybridized carbons (Fsp3) is 0.750. The molecule has 2 rings (SSSR count). The summed E-state index contributed by atoms with van der Waals surface area (Å²) in [7, 11) is 0. The van der Waals surface area contributed by atoms with Crippen LogP contribution in [0.15, 0.2) is 12.3 Å². The summed E-state index contributed by atoms with van der Waals surface area (Å²) in [4.78, 5) is 15.0. The van der Waals surface area contributed by atoms with Gasteiger partial charge in [-0.2, -0.15) is 0 Å². The van der Waals surface area contributed by atoms with Crippen LogP contribution in [0.2, 0.25) is 0 Å². The van der Waals surface area contributed by atoms with E-state index in [1.54, 1.807) is 6.08 Å². The maximum Gasteiger partial charge on any atom is 0.144 e. The lowest BCUT2D eigenvalue weighted by Crippen LogP contribution is -2.48. The predicted molar refractivity (Wildman–Crippen MR) is 62.2 cm³/mol. The second-order valence-electron chi connectivity index (χ2n) is 4.39. The molecule has 0 aromatic heterocycles. The van der Waals surface area contributed by atoms with Crippen LogP contribution in [0.3, 0.4) is 0 Å². The van der Waals surface area contributed by atoms with E-state index in [1.807, 2.05) is 6.20 Å². The number of nitrogens with zero attached hydrogens (tertiary/aromatic N) is 2. The highest BCUT2D eigenvalue weighted by atomic mass is 16.5. The van der Waals surface area contributed by atoms with Gasteiger partial charge in [0.05, 0.1) is 13.2 Å². The molecule has 4 nitrogen and oxygen atoms in total. The van der Waals surface area contributed by atoms with E-state index in [0.717, 1.165) is 45.7 Å². The molecule has 0 saturated carbocycles. The third-order valence-electron chi connectivity index (χ3n) is 3.44. The summed E-state index contributed by atoms with van der Waals surface area (Å²) >= 11 is 0. The molecule has 0 amide bonds. The van der Waals surface area contributed by atoms with Crippen molar-refractivity contribution in [3.63, 3.8) is 0 Å². The zero-order valence-electron chi connectivity index (χ0n) is 9.68. The van der Waals surface area contributed by atoms with Gasteiger partial charge in [-0.25, -0.2) is 0 Å². The van der Waals surface area contributed by atoms with Crippen LogP contribution in [-0.4, -0.2) is 61.5 Å². The molecule has 2 heterocycles. The number of likely N-dealkylation sites (tertiary alicyclic amines) is 1. The number of morpholine rings is 1. The van der Waals surface area contributed by atoms with Crippen LogP contribution < -0.4 is 0 Å². The highest BCUT2D eigenvalue weighted by Gasteiger charge is 2.24. The van der Waals surface area contributed by atoms with Gasteiger partial charge in [0, 0.05) is 38.4 Å². The van der Waals surface area contributed by atoms with Crippen LogP contribution in [0, 0.1) is 0 Å². The summed E-state index contributed by atoms with van der Waals surface area (Å²) in [5, 5.41) is 0. The van der Waals surface area contributed by atoms with Crippen molar-refractivity contribution in [1.29, 1.82) is 0 Å². The zero-order chi connectivity index (χ0) is 11.2. The van der Waals surface area contributed by atoms with Crippen LogP contribution in [0.4, 0.5) is 0 Å². The van der Waals surface area contributed by atoms with E-state index in [9.17, 15) is 4.79 Å². The van der Waals surface area contributed by atoms with Gasteiger partial charge in [0.15, 0.2) is 0 Å². The molecule has 2 aliphatic rings. The summed E-state index contributed by atoms with van der Waals surface area (Å²) in [5.41, 5.74) is 0. The van der Waals surface area contributed by atoms with Crippen LogP contribution >= 0.6 is 0 Å². The molecule has 0 unspecified atom stereocenters. The van der Waals surface area contributed by atoms with Crippen LogP contribution in [0.1, 0.15) is 12.8 Å². The first-order valence-corrected chi connectivity index (χ1v) is 6.08. The zero-order valence-corrected chi connectivity index (χ0v) is 9.68. The molecule has 0 aromatic rings. The Morgan fingerprint density at radius 3 is 2.38 bits per heavy atom. The first-order valence-electron chi connectivity index (χ1n) is 6.08. The number of allylic oxidation sites excluding steroid dienone is 1. The molecular weight excluding hydrogens is 204 g/mol. The van der Waals surface area contributed by atoms with Crippen LogP contribution in [-0.2, 0) is 9.53 Å². The molecule has 0 radical (unpaired) electrons. The average Bonchev–Trinajstić information content (AvgIpc) is 2.38. The average molecular weight is 224 g/mol. The Bertz CT molecular complexity index is 241. The number of piperidine rings is 1. The molecule has 0 aromatic carbocycles. The van der Waals surface area contributed by atoms with E-state index in [4.69, 9.17) is 4.74 Å². The van der Waals surface area contributed by atoms with E-state index in [-0.39, 0.29) is 0 Å². The summed E-state index contributed by atoms with van der Waals surface area (Å²) < 4.78 is 5.36. The number of ether oxygens (including phenoxy) is 1. The monoisotopic (exact) mass is 224 g/mol.